The predicted molar refractivity (Wildman–Crippen MR) is 110 cm³/mol. The van der Waals surface area contributed by atoms with E-state index in [2.05, 4.69) is 16.0 Å². The van der Waals surface area contributed by atoms with Crippen LogP contribution in [-0.2, 0) is 14.3 Å². The van der Waals surface area contributed by atoms with Crippen molar-refractivity contribution in [3.05, 3.63) is 29.0 Å². The maximum absolute atomic E-state index is 13.5. The fourth-order valence-corrected chi connectivity index (χ4v) is 4.96. The van der Waals surface area contributed by atoms with Gasteiger partial charge in [0.25, 0.3) is 5.91 Å². The molecule has 170 valence electrons. The first-order valence-electron chi connectivity index (χ1n) is 10.5. The average molecular weight is 456 g/mol. The minimum absolute atomic E-state index is 0.0190. The highest BCUT2D eigenvalue weighted by Gasteiger charge is 2.58. The Morgan fingerprint density at radius 2 is 2.10 bits per heavy atom. The van der Waals surface area contributed by atoms with E-state index in [9.17, 15) is 19.1 Å². The third-order valence-corrected chi connectivity index (χ3v) is 7.05. The number of hydrogen-bond donors (Lipinski definition) is 4. The molecule has 1 saturated heterocycles. The highest BCUT2D eigenvalue weighted by Crippen LogP contribution is 2.52. The highest BCUT2D eigenvalue weighted by molar-refractivity contribution is 6.30. The number of halogens is 2. The van der Waals surface area contributed by atoms with Crippen LogP contribution < -0.4 is 20.7 Å². The minimum atomic E-state index is -0.839. The Labute approximate surface area is 184 Å². The maximum atomic E-state index is 13.5. The molecule has 1 aliphatic heterocycles. The van der Waals surface area contributed by atoms with E-state index in [4.69, 9.17) is 21.1 Å². The van der Waals surface area contributed by atoms with Crippen LogP contribution in [0.15, 0.2) is 18.2 Å². The highest BCUT2D eigenvalue weighted by atomic mass is 35.5. The lowest BCUT2D eigenvalue weighted by molar-refractivity contribution is -0.156. The zero-order valence-electron chi connectivity index (χ0n) is 17.1. The summed E-state index contributed by atoms with van der Waals surface area (Å²) in [5, 5.41) is 19.9. The normalized spacial score (nSPS) is 32.0. The fourth-order valence-electron chi connectivity index (χ4n) is 4.84. The number of rotatable bonds is 7. The van der Waals surface area contributed by atoms with Crippen LogP contribution >= 0.6 is 11.6 Å². The summed E-state index contributed by atoms with van der Waals surface area (Å²) in [4.78, 5) is 25.3. The van der Waals surface area contributed by atoms with Crippen molar-refractivity contribution in [3.63, 3.8) is 0 Å². The molecule has 3 saturated carbocycles. The zero-order chi connectivity index (χ0) is 22.1. The van der Waals surface area contributed by atoms with Crippen LogP contribution in [0.4, 0.5) is 4.39 Å². The Morgan fingerprint density at radius 3 is 2.74 bits per heavy atom. The molecule has 2 amide bonds. The molecule has 0 radical (unpaired) electrons. The second kappa shape index (κ2) is 8.90. The molecule has 1 heterocycles. The molecular weight excluding hydrogens is 429 g/mol. The SMILES string of the molecule is O=C(COc1ccc(Cl)c(F)c1)NC12CCC(C(=O)NCC3COCN3)(CC1)C(O)C2. The van der Waals surface area contributed by atoms with Crippen molar-refractivity contribution in [2.75, 3.05) is 26.5 Å². The molecule has 5 rings (SSSR count). The van der Waals surface area contributed by atoms with Crippen LogP contribution in [0.25, 0.3) is 0 Å². The Morgan fingerprint density at radius 1 is 1.32 bits per heavy atom. The molecule has 3 aliphatic carbocycles. The maximum Gasteiger partial charge on any atom is 0.258 e. The molecule has 4 aliphatic rings. The molecule has 2 atom stereocenters. The second-order valence-corrected chi connectivity index (χ2v) is 9.10. The van der Waals surface area contributed by atoms with E-state index in [1.807, 2.05) is 0 Å². The van der Waals surface area contributed by atoms with E-state index in [0.717, 1.165) is 6.07 Å². The average Bonchev–Trinajstić information content (AvgIpc) is 3.27. The summed E-state index contributed by atoms with van der Waals surface area (Å²) in [7, 11) is 0. The molecule has 1 aromatic carbocycles. The smallest absolute Gasteiger partial charge is 0.258 e. The summed E-state index contributed by atoms with van der Waals surface area (Å²) >= 11 is 5.64. The number of carbonyl (C=O) groups is 2. The number of aliphatic hydroxyl groups is 1. The number of hydrogen-bond acceptors (Lipinski definition) is 6. The van der Waals surface area contributed by atoms with Gasteiger partial charge in [0, 0.05) is 24.2 Å². The Hall–Kier alpha value is -1.94. The first-order chi connectivity index (χ1) is 14.8. The van der Waals surface area contributed by atoms with Gasteiger partial charge in [-0.05, 0) is 44.2 Å². The quantitative estimate of drug-likeness (QED) is 0.490. The van der Waals surface area contributed by atoms with Crippen molar-refractivity contribution >= 4 is 23.4 Å². The van der Waals surface area contributed by atoms with Gasteiger partial charge in [-0.2, -0.15) is 0 Å². The van der Waals surface area contributed by atoms with Gasteiger partial charge < -0.3 is 25.2 Å². The van der Waals surface area contributed by atoms with E-state index in [0.29, 0.717) is 52.0 Å². The Bertz CT molecular complexity index is 840. The lowest BCUT2D eigenvalue weighted by atomic mass is 9.55. The standard InChI is InChI=1S/C21H27ClFN3O5/c22-15-2-1-14(7-16(15)23)31-11-18(28)26-20-3-5-21(6-4-20,17(27)8-20)19(29)24-9-13-10-30-12-25-13/h1-2,7,13,17,25,27H,3-6,8-12H2,(H,24,29)(H,26,28). The van der Waals surface area contributed by atoms with E-state index in [1.165, 1.54) is 12.1 Å². The molecule has 4 N–H and O–H groups in total. The van der Waals surface area contributed by atoms with E-state index in [1.54, 1.807) is 0 Å². The predicted octanol–water partition coefficient (Wildman–Crippen LogP) is 1.10. The van der Waals surface area contributed by atoms with E-state index in [-0.39, 0.29) is 35.2 Å². The van der Waals surface area contributed by atoms with Crippen LogP contribution in [0.2, 0.25) is 5.02 Å². The van der Waals surface area contributed by atoms with Gasteiger partial charge in [-0.3, -0.25) is 14.9 Å². The lowest BCUT2D eigenvalue weighted by Gasteiger charge is -2.55. The number of carbonyl (C=O) groups excluding carboxylic acids is 2. The minimum Gasteiger partial charge on any atom is -0.484 e. The fraction of sp³-hybridized carbons (Fsp3) is 0.619. The van der Waals surface area contributed by atoms with Crippen molar-refractivity contribution < 1.29 is 28.6 Å². The van der Waals surface area contributed by atoms with E-state index < -0.39 is 22.9 Å². The van der Waals surface area contributed by atoms with Crippen LogP contribution in [-0.4, -0.2) is 61.1 Å². The second-order valence-electron chi connectivity index (χ2n) is 8.70. The largest absolute Gasteiger partial charge is 0.484 e. The van der Waals surface area contributed by atoms with Gasteiger partial charge in [0.1, 0.15) is 11.6 Å². The first kappa shape index (κ1) is 22.3. The Balaban J connectivity index is 1.30. The summed E-state index contributed by atoms with van der Waals surface area (Å²) in [5.74, 6) is -0.901. The summed E-state index contributed by atoms with van der Waals surface area (Å²) in [6.45, 7) is 1.21. The molecule has 2 bridgehead atoms. The van der Waals surface area contributed by atoms with Crippen LogP contribution in [0.5, 0.6) is 5.75 Å². The van der Waals surface area contributed by atoms with Gasteiger partial charge >= 0.3 is 0 Å². The summed E-state index contributed by atoms with van der Waals surface area (Å²) < 4.78 is 24.1. The molecule has 31 heavy (non-hydrogen) atoms. The van der Waals surface area contributed by atoms with Crippen LogP contribution in [0.1, 0.15) is 32.1 Å². The van der Waals surface area contributed by atoms with Gasteiger partial charge in [-0.1, -0.05) is 11.6 Å². The number of aliphatic hydroxyl groups excluding tert-OH is 1. The van der Waals surface area contributed by atoms with Gasteiger partial charge in [-0.25, -0.2) is 4.39 Å². The number of benzene rings is 1. The Kier molecular flexibility index (Phi) is 6.39. The monoisotopic (exact) mass is 455 g/mol. The van der Waals surface area contributed by atoms with Gasteiger partial charge in [0.15, 0.2) is 6.61 Å². The van der Waals surface area contributed by atoms with E-state index >= 15 is 0 Å². The van der Waals surface area contributed by atoms with Crippen molar-refractivity contribution in [3.8, 4) is 5.75 Å². The van der Waals surface area contributed by atoms with Crippen LogP contribution in [0, 0.1) is 11.2 Å². The summed E-state index contributed by atoms with van der Waals surface area (Å²) in [5.41, 5.74) is -1.38. The van der Waals surface area contributed by atoms with Gasteiger partial charge in [-0.15, -0.1) is 0 Å². The topological polar surface area (TPSA) is 109 Å². The molecule has 10 heteroatoms. The van der Waals surface area contributed by atoms with Crippen molar-refractivity contribution in [2.45, 2.75) is 49.8 Å². The van der Waals surface area contributed by atoms with Gasteiger partial charge in [0.05, 0.1) is 29.9 Å². The zero-order valence-corrected chi connectivity index (χ0v) is 17.8. The molecule has 0 aromatic heterocycles. The number of amides is 2. The van der Waals surface area contributed by atoms with Crippen LogP contribution in [0.3, 0.4) is 0 Å². The first-order valence-corrected chi connectivity index (χ1v) is 10.9. The summed E-state index contributed by atoms with van der Waals surface area (Å²) in [6, 6.07) is 4.06. The number of ether oxygens (including phenoxy) is 2. The molecular formula is C21H27ClFN3O5. The number of nitrogens with one attached hydrogen (secondary N) is 3. The molecule has 0 spiro atoms. The molecule has 1 aromatic rings. The molecule has 2 unspecified atom stereocenters. The molecule has 8 nitrogen and oxygen atoms in total. The molecule has 4 fully saturated rings. The third kappa shape index (κ3) is 4.64. The van der Waals surface area contributed by atoms with Gasteiger partial charge in [0.2, 0.25) is 5.91 Å². The third-order valence-electron chi connectivity index (χ3n) is 6.74. The number of fused-ring (bicyclic) bond motifs is 3. The lowest BCUT2D eigenvalue weighted by Crippen LogP contribution is -2.66. The summed E-state index contributed by atoms with van der Waals surface area (Å²) in [6.07, 6.45) is 1.67. The van der Waals surface area contributed by atoms with Crippen molar-refractivity contribution in [1.29, 1.82) is 0 Å². The van der Waals surface area contributed by atoms with Crippen molar-refractivity contribution in [1.82, 2.24) is 16.0 Å². The van der Waals surface area contributed by atoms with Crippen molar-refractivity contribution in [2.24, 2.45) is 5.41 Å².